The highest BCUT2D eigenvalue weighted by atomic mass is 32.2. The average Bonchev–Trinajstić information content (AvgIpc) is 2.97. The molecular formula is C29H35N3O10S2. The number of amides is 1. The van der Waals surface area contributed by atoms with Gasteiger partial charge in [-0.1, -0.05) is 36.0 Å². The van der Waals surface area contributed by atoms with Crippen LogP contribution in [0.1, 0.15) is 13.3 Å². The van der Waals surface area contributed by atoms with Gasteiger partial charge in [0, 0.05) is 54.5 Å². The summed E-state index contributed by atoms with van der Waals surface area (Å²) < 4.78 is 35.2. The third-order valence-corrected chi connectivity index (χ3v) is 9.92. The largest absolute Gasteiger partial charge is 0.478 e. The number of thioether (sulfide) groups is 1. The van der Waals surface area contributed by atoms with Crippen LogP contribution in [0.3, 0.4) is 0 Å². The van der Waals surface area contributed by atoms with Crippen LogP contribution in [0.5, 0.6) is 0 Å². The number of hydrogen-bond donors (Lipinski definition) is 7. The number of carbonyl (C=O) groups is 2. The summed E-state index contributed by atoms with van der Waals surface area (Å²) in [6, 6.07) is 14.9. The van der Waals surface area contributed by atoms with Crippen LogP contribution in [0.25, 0.3) is 10.8 Å². The van der Waals surface area contributed by atoms with E-state index >= 15 is 0 Å². The zero-order valence-electron chi connectivity index (χ0n) is 24.1. The maximum atomic E-state index is 13.4. The Morgan fingerprint density at radius 2 is 1.70 bits per heavy atom. The molecule has 1 saturated heterocycles. The number of nitrogens with one attached hydrogen (secondary N) is 2. The number of carbonyl (C=O) groups excluding carboxylic acids is 1. The number of carboxylic acid groups (broad SMARTS) is 1. The Kier molecular flexibility index (Phi) is 10.1. The first-order chi connectivity index (χ1) is 20.7. The van der Waals surface area contributed by atoms with Gasteiger partial charge in [-0.15, -0.1) is 0 Å². The van der Waals surface area contributed by atoms with Crippen LogP contribution in [0.15, 0.2) is 70.5 Å². The summed E-state index contributed by atoms with van der Waals surface area (Å²) in [5, 5.41) is 54.7. The first-order valence-electron chi connectivity index (χ1n) is 13.5. The van der Waals surface area contributed by atoms with Crippen LogP contribution in [-0.4, -0.2) is 102 Å². The van der Waals surface area contributed by atoms with E-state index in [1.807, 2.05) is 31.1 Å². The normalized spacial score (nSPS) is 23.5. The van der Waals surface area contributed by atoms with Crippen molar-refractivity contribution in [3.05, 3.63) is 60.7 Å². The molecule has 1 aliphatic heterocycles. The van der Waals surface area contributed by atoms with Gasteiger partial charge < -0.3 is 40.5 Å². The molecule has 0 aromatic heterocycles. The molecule has 3 aromatic carbocycles. The van der Waals surface area contributed by atoms with Gasteiger partial charge in [-0.3, -0.25) is 9.52 Å². The number of nitrogens with zero attached hydrogens (tertiary/aromatic N) is 1. The van der Waals surface area contributed by atoms with E-state index in [0.29, 0.717) is 22.0 Å². The molecule has 44 heavy (non-hydrogen) atoms. The summed E-state index contributed by atoms with van der Waals surface area (Å²) in [5.41, 5.74) is 1.06. The summed E-state index contributed by atoms with van der Waals surface area (Å²) in [5.74, 6) is -2.10. The molecule has 238 valence electrons. The Labute approximate surface area is 258 Å². The number of aliphatic hydroxyl groups is 4. The van der Waals surface area contributed by atoms with Crippen molar-refractivity contribution in [3.63, 3.8) is 0 Å². The third-order valence-electron chi connectivity index (χ3n) is 7.21. The lowest BCUT2D eigenvalue weighted by atomic mass is 9.90. The Balaban J connectivity index is 1.59. The molecule has 1 amide bonds. The second kappa shape index (κ2) is 13.3. The molecule has 1 fully saturated rings. The fraction of sp³-hybridized carbons (Fsp3) is 0.379. The lowest BCUT2D eigenvalue weighted by molar-refractivity contribution is -0.205. The van der Waals surface area contributed by atoms with Crippen molar-refractivity contribution >= 4 is 55.8 Å². The summed E-state index contributed by atoms with van der Waals surface area (Å²) in [6.07, 6.45) is -7.23. The highest BCUT2D eigenvalue weighted by Gasteiger charge is 2.55. The molecule has 0 saturated carbocycles. The van der Waals surface area contributed by atoms with Crippen molar-refractivity contribution in [2.24, 2.45) is 0 Å². The molecule has 3 aromatic rings. The second-order valence-corrected chi connectivity index (χ2v) is 13.6. The predicted octanol–water partition coefficient (Wildman–Crippen LogP) is 0.948. The van der Waals surface area contributed by atoms with Gasteiger partial charge in [0.1, 0.15) is 18.3 Å². The van der Waals surface area contributed by atoms with Crippen molar-refractivity contribution in [3.8, 4) is 0 Å². The molecule has 15 heteroatoms. The van der Waals surface area contributed by atoms with Crippen molar-refractivity contribution in [1.82, 2.24) is 5.32 Å². The molecule has 6 atom stereocenters. The average molecular weight is 650 g/mol. The fourth-order valence-electron chi connectivity index (χ4n) is 5.11. The minimum absolute atomic E-state index is 0.0787. The lowest BCUT2D eigenvalue weighted by Crippen LogP contribution is -2.66. The van der Waals surface area contributed by atoms with E-state index in [0.717, 1.165) is 18.0 Å². The lowest BCUT2D eigenvalue weighted by Gasteiger charge is -2.46. The van der Waals surface area contributed by atoms with Crippen molar-refractivity contribution < 1.29 is 48.3 Å². The zero-order chi connectivity index (χ0) is 32.4. The molecular weight excluding hydrogens is 614 g/mol. The quantitative estimate of drug-likeness (QED) is 0.155. The zero-order valence-corrected chi connectivity index (χ0v) is 25.7. The Morgan fingerprint density at radius 3 is 2.30 bits per heavy atom. The first-order valence-corrected chi connectivity index (χ1v) is 15.8. The van der Waals surface area contributed by atoms with E-state index in [-0.39, 0.29) is 10.6 Å². The molecule has 1 aliphatic rings. The first kappa shape index (κ1) is 33.5. The molecule has 13 nitrogen and oxygen atoms in total. The van der Waals surface area contributed by atoms with Crippen molar-refractivity contribution in [2.45, 2.75) is 58.5 Å². The summed E-state index contributed by atoms with van der Waals surface area (Å²) in [6.45, 7) is 0.271. The van der Waals surface area contributed by atoms with Gasteiger partial charge in [-0.25, -0.2) is 13.2 Å². The highest BCUT2D eigenvalue weighted by Crippen LogP contribution is 2.44. The Hall–Kier alpha value is -3.44. The fourth-order valence-corrected chi connectivity index (χ4v) is 7.55. The number of rotatable bonds is 11. The number of aliphatic carboxylic acids is 1. The van der Waals surface area contributed by atoms with E-state index in [4.69, 9.17) is 4.74 Å². The molecule has 4 rings (SSSR count). The van der Waals surface area contributed by atoms with Gasteiger partial charge in [0.05, 0.1) is 23.6 Å². The van der Waals surface area contributed by atoms with Crippen LogP contribution in [0.2, 0.25) is 0 Å². The number of sulfonamides is 1. The molecule has 0 spiro atoms. The Morgan fingerprint density at radius 1 is 1.07 bits per heavy atom. The molecule has 0 unspecified atom stereocenters. The van der Waals surface area contributed by atoms with Crippen LogP contribution in [-0.2, 0) is 24.3 Å². The smallest absolute Gasteiger partial charge is 0.347 e. The van der Waals surface area contributed by atoms with Gasteiger partial charge >= 0.3 is 5.97 Å². The van der Waals surface area contributed by atoms with Gasteiger partial charge in [0.2, 0.25) is 10.8 Å². The topological polar surface area (TPSA) is 206 Å². The van der Waals surface area contributed by atoms with E-state index in [9.17, 15) is 43.5 Å². The van der Waals surface area contributed by atoms with Crippen molar-refractivity contribution in [2.75, 3.05) is 30.3 Å². The third kappa shape index (κ3) is 6.94. The van der Waals surface area contributed by atoms with Crippen LogP contribution in [0.4, 0.5) is 11.4 Å². The number of benzene rings is 3. The number of ether oxygens (including phenoxy) is 1. The van der Waals surface area contributed by atoms with E-state index < -0.39 is 70.3 Å². The number of aliphatic hydroxyl groups excluding tert-OH is 4. The van der Waals surface area contributed by atoms with Gasteiger partial charge in [-0.05, 0) is 36.4 Å². The molecule has 1 heterocycles. The van der Waals surface area contributed by atoms with Gasteiger partial charge in [0.15, 0.2) is 0 Å². The second-order valence-electron chi connectivity index (χ2n) is 10.6. The minimum Gasteiger partial charge on any atom is -0.478 e. The summed E-state index contributed by atoms with van der Waals surface area (Å²) in [4.78, 5) is 24.4. The van der Waals surface area contributed by atoms with Crippen LogP contribution < -0.4 is 14.9 Å². The van der Waals surface area contributed by atoms with Gasteiger partial charge in [-0.2, -0.15) is 0 Å². The number of fused-ring (bicyclic) bond motifs is 1. The summed E-state index contributed by atoms with van der Waals surface area (Å²) in [7, 11) is -0.303. The number of carboxylic acids is 1. The minimum atomic E-state index is -4.03. The standard InChI is InChI=1S/C29H35N3O10S2/c1-16(34)30-25-22(35)14-29(28(38)39,42-27(25)26(37)23(36)15-33)43-18-12-10-17(11-13-18)31-44(40,41)24-9-5-6-19-20(24)7-4-8-21(19)32(2)3/h4-13,22-23,25-27,31,33,35-37H,14-15H2,1-3H3,(H,30,34)(H,38,39)/t22-,23+,25+,26+,27+,29-/m0/s1. The van der Waals surface area contributed by atoms with E-state index in [1.54, 1.807) is 18.2 Å². The summed E-state index contributed by atoms with van der Waals surface area (Å²) >= 11 is 0.683. The predicted molar refractivity (Wildman–Crippen MR) is 164 cm³/mol. The molecule has 7 N–H and O–H groups in total. The monoisotopic (exact) mass is 649 g/mol. The maximum absolute atomic E-state index is 13.4. The highest BCUT2D eigenvalue weighted by molar-refractivity contribution is 8.01. The number of anilines is 2. The van der Waals surface area contributed by atoms with Crippen LogP contribution in [0, 0.1) is 0 Å². The maximum Gasteiger partial charge on any atom is 0.347 e. The Bertz CT molecular complexity index is 1620. The van der Waals surface area contributed by atoms with E-state index in [1.165, 1.54) is 30.3 Å². The molecule has 0 aliphatic carbocycles. The van der Waals surface area contributed by atoms with Crippen molar-refractivity contribution in [1.29, 1.82) is 0 Å². The SMILES string of the molecule is CC(=O)N[C@H]1[C@H]([C@H](O)[C@H](O)CO)O[C@@](Sc2ccc(NS(=O)(=O)c3cccc4c(N(C)C)cccc34)cc2)(C(=O)O)C[C@@H]1O. The van der Waals surface area contributed by atoms with Gasteiger partial charge in [0.25, 0.3) is 10.0 Å². The van der Waals surface area contributed by atoms with Crippen LogP contribution >= 0.6 is 11.8 Å². The molecule has 0 radical (unpaired) electrons. The molecule has 0 bridgehead atoms. The van der Waals surface area contributed by atoms with E-state index in [2.05, 4.69) is 10.0 Å². The number of hydrogen-bond acceptors (Lipinski definition) is 11.